The Balaban J connectivity index is 1.08. The summed E-state index contributed by atoms with van der Waals surface area (Å²) in [6.45, 7) is 0.390. The van der Waals surface area contributed by atoms with Crippen molar-refractivity contribution in [2.24, 2.45) is 0 Å². The number of aliphatic hydroxyl groups is 1. The van der Waals surface area contributed by atoms with Gasteiger partial charge < -0.3 is 25.0 Å². The van der Waals surface area contributed by atoms with Gasteiger partial charge in [-0.2, -0.15) is 4.68 Å². The summed E-state index contributed by atoms with van der Waals surface area (Å²) in [6, 6.07) is 30.6. The maximum absolute atomic E-state index is 12.4. The second-order valence-electron chi connectivity index (χ2n) is 13.1. The molecule has 4 aromatic carbocycles. The van der Waals surface area contributed by atoms with Gasteiger partial charge in [-0.05, 0) is 81.4 Å². The van der Waals surface area contributed by atoms with Gasteiger partial charge in [-0.15, -0.1) is 5.10 Å². The number of carbonyl (C=O) groups excluding carboxylic acids is 2. The fraction of sp³-hybridized carbons (Fsp3) is 0.325. The molecule has 1 aliphatic rings. The monoisotopic (exact) mass is 752 g/mol. The van der Waals surface area contributed by atoms with E-state index in [1.807, 2.05) is 66.7 Å². The average Bonchev–Trinajstić information content (AvgIpc) is 3.69. The molecule has 1 aliphatic heterocycles. The van der Waals surface area contributed by atoms with E-state index in [0.717, 1.165) is 58.3 Å². The van der Waals surface area contributed by atoms with Gasteiger partial charge in [-0.25, -0.2) is 5.48 Å². The molecule has 0 spiro atoms. The van der Waals surface area contributed by atoms with Gasteiger partial charge in [0.1, 0.15) is 5.75 Å². The molecule has 2 amide bonds. The van der Waals surface area contributed by atoms with Crippen LogP contribution in [0.2, 0.25) is 0 Å². The van der Waals surface area contributed by atoms with E-state index in [1.54, 1.807) is 34.4 Å². The largest absolute Gasteiger partial charge is 0.508 e. The normalized spacial score (nSPS) is 16.9. The summed E-state index contributed by atoms with van der Waals surface area (Å²) in [6.07, 6.45) is 3.32. The fourth-order valence-electron chi connectivity index (χ4n) is 6.18. The van der Waals surface area contributed by atoms with Crippen LogP contribution in [-0.4, -0.2) is 59.3 Å². The van der Waals surface area contributed by atoms with Crippen molar-refractivity contribution >= 4 is 23.6 Å². The van der Waals surface area contributed by atoms with E-state index >= 15 is 0 Å². The number of hydrogen-bond acceptors (Lipinski definition) is 11. The van der Waals surface area contributed by atoms with Crippen molar-refractivity contribution in [3.05, 3.63) is 119 Å². The van der Waals surface area contributed by atoms with Crippen molar-refractivity contribution in [3.63, 3.8) is 0 Å². The quantitative estimate of drug-likeness (QED) is 0.0310. The number of aromatic nitrogens is 4. The number of ether oxygens (including phenoxy) is 2. The molecule has 0 saturated carbocycles. The number of hydrogen-bond donors (Lipinski definition) is 5. The topological polar surface area (TPSA) is 181 Å². The summed E-state index contributed by atoms with van der Waals surface area (Å²) in [4.78, 5) is 23.5. The van der Waals surface area contributed by atoms with Crippen LogP contribution in [0.4, 0.5) is 0 Å². The minimum atomic E-state index is -0.629. The Bertz CT molecular complexity index is 1960. The summed E-state index contributed by atoms with van der Waals surface area (Å²) < 4.78 is 14.7. The molecule has 282 valence electrons. The van der Waals surface area contributed by atoms with Crippen LogP contribution in [0.1, 0.15) is 79.6 Å². The first-order valence-electron chi connectivity index (χ1n) is 18.0. The Hall–Kier alpha value is -5.12. The van der Waals surface area contributed by atoms with Crippen LogP contribution in [0.5, 0.6) is 5.75 Å². The first-order chi connectivity index (χ1) is 26.4. The number of rotatable bonds is 17. The van der Waals surface area contributed by atoms with Gasteiger partial charge in [-0.1, -0.05) is 91.3 Å². The lowest BCUT2D eigenvalue weighted by Gasteiger charge is -2.36. The number of carbonyl (C=O) groups is 2. The number of aromatic hydroxyl groups is 1. The summed E-state index contributed by atoms with van der Waals surface area (Å²) >= 11 is 1.48. The average molecular weight is 753 g/mol. The smallest absolute Gasteiger partial charge is 0.243 e. The third kappa shape index (κ3) is 10.7. The van der Waals surface area contributed by atoms with Crippen LogP contribution in [-0.2, 0) is 32.2 Å². The highest BCUT2D eigenvalue weighted by Crippen LogP contribution is 2.40. The molecule has 14 heteroatoms. The minimum absolute atomic E-state index is 0.0133. The number of phenols is 1. The maximum Gasteiger partial charge on any atom is 0.243 e. The molecule has 3 atom stereocenters. The Morgan fingerprint density at radius 3 is 2.26 bits per heavy atom. The zero-order valence-corrected chi connectivity index (χ0v) is 30.5. The van der Waals surface area contributed by atoms with E-state index in [4.69, 9.17) is 14.7 Å². The van der Waals surface area contributed by atoms with E-state index in [9.17, 15) is 19.8 Å². The number of aliphatic hydroxyl groups excluding tert-OH is 1. The number of nitrogens with zero attached hydrogens (tertiary/aromatic N) is 4. The summed E-state index contributed by atoms with van der Waals surface area (Å²) in [5.41, 5.74) is 8.09. The standard InChI is InChI=1S/C40H44N6O7S/c47-25-27-10-12-30(13-11-27)36-23-35(26-54-40-42-44-45-46(40)33-18-20-34(48)21-19-33)52-39(53-36)31-16-14-29(15-17-31)32-7-5-6-28(22-32)24-41-37(49)8-3-1-2-4-9-38(50)43-51/h5-7,10-22,35-36,39,47-48,51H,1-4,8-9,23-26H2,(H,41,49)(H,43,50)/t35-,36+,39+/m0/s1. The predicted molar refractivity (Wildman–Crippen MR) is 201 cm³/mol. The highest BCUT2D eigenvalue weighted by atomic mass is 32.2. The molecule has 5 N–H and O–H groups in total. The highest BCUT2D eigenvalue weighted by molar-refractivity contribution is 7.99. The third-order valence-electron chi connectivity index (χ3n) is 9.16. The van der Waals surface area contributed by atoms with E-state index in [0.29, 0.717) is 36.7 Å². The zero-order chi connectivity index (χ0) is 37.7. The van der Waals surface area contributed by atoms with Gasteiger partial charge in [0.05, 0.1) is 24.5 Å². The molecule has 1 aromatic heterocycles. The maximum atomic E-state index is 12.4. The van der Waals surface area contributed by atoms with Crippen LogP contribution in [0, 0.1) is 0 Å². The van der Waals surface area contributed by atoms with Crippen LogP contribution in [0.3, 0.4) is 0 Å². The van der Waals surface area contributed by atoms with Gasteiger partial charge >= 0.3 is 0 Å². The number of benzene rings is 4. The number of unbranched alkanes of at least 4 members (excludes halogenated alkanes) is 3. The molecule has 54 heavy (non-hydrogen) atoms. The number of tetrazole rings is 1. The molecular weight excluding hydrogens is 709 g/mol. The molecule has 13 nitrogen and oxygen atoms in total. The van der Waals surface area contributed by atoms with Crippen LogP contribution in [0.15, 0.2) is 102 Å². The molecule has 1 fully saturated rings. The molecular formula is C40H44N6O7S. The molecule has 6 rings (SSSR count). The Labute approximate surface area is 317 Å². The van der Waals surface area contributed by atoms with Gasteiger partial charge in [0.2, 0.25) is 17.0 Å². The number of nitrogens with one attached hydrogen (secondary N) is 2. The number of amides is 2. The van der Waals surface area contributed by atoms with Crippen molar-refractivity contribution in [2.75, 3.05) is 5.75 Å². The summed E-state index contributed by atoms with van der Waals surface area (Å²) in [7, 11) is 0. The van der Waals surface area contributed by atoms with Gasteiger partial charge in [0.15, 0.2) is 6.29 Å². The van der Waals surface area contributed by atoms with E-state index in [1.165, 1.54) is 11.8 Å². The Morgan fingerprint density at radius 1 is 0.815 bits per heavy atom. The fourth-order valence-corrected chi connectivity index (χ4v) is 7.09. The van der Waals surface area contributed by atoms with Crippen LogP contribution >= 0.6 is 11.8 Å². The Morgan fingerprint density at radius 2 is 1.54 bits per heavy atom. The lowest BCUT2D eigenvalue weighted by Crippen LogP contribution is -2.31. The first-order valence-corrected chi connectivity index (χ1v) is 19.0. The molecule has 0 unspecified atom stereocenters. The van der Waals surface area contributed by atoms with Gasteiger partial charge in [0.25, 0.3) is 0 Å². The van der Waals surface area contributed by atoms with E-state index < -0.39 is 6.29 Å². The van der Waals surface area contributed by atoms with Gasteiger partial charge in [-0.3, -0.25) is 14.8 Å². The van der Waals surface area contributed by atoms with Crippen molar-refractivity contribution < 1.29 is 34.5 Å². The minimum Gasteiger partial charge on any atom is -0.508 e. The molecule has 0 aliphatic carbocycles. The second kappa shape index (κ2) is 19.3. The lowest BCUT2D eigenvalue weighted by molar-refractivity contribution is -0.245. The van der Waals surface area contributed by atoms with E-state index in [-0.39, 0.29) is 42.8 Å². The van der Waals surface area contributed by atoms with Crippen molar-refractivity contribution in [3.8, 4) is 22.6 Å². The van der Waals surface area contributed by atoms with Crippen molar-refractivity contribution in [1.82, 2.24) is 31.0 Å². The lowest BCUT2D eigenvalue weighted by atomic mass is 9.99. The number of phenolic OH excluding ortho intramolecular Hbond substituents is 1. The highest BCUT2D eigenvalue weighted by Gasteiger charge is 2.32. The molecule has 0 bridgehead atoms. The molecule has 1 saturated heterocycles. The molecule has 2 heterocycles. The summed E-state index contributed by atoms with van der Waals surface area (Å²) in [5.74, 6) is 0.324. The van der Waals surface area contributed by atoms with Crippen LogP contribution in [0.25, 0.3) is 16.8 Å². The number of hydroxylamine groups is 1. The molecule has 5 aromatic rings. The third-order valence-corrected chi connectivity index (χ3v) is 10.2. The van der Waals surface area contributed by atoms with Crippen molar-refractivity contribution in [2.45, 2.75) is 81.8 Å². The SMILES string of the molecule is O=C(CCCCCCC(=O)NCc1cccc(-c2ccc([C@@H]3O[C@H](CSc4nnnn4-c4ccc(O)cc4)C[C@H](c4ccc(CO)cc4)O3)cc2)c1)NO. The predicted octanol–water partition coefficient (Wildman–Crippen LogP) is 6.33. The second-order valence-corrected chi connectivity index (χ2v) is 14.1. The molecule has 0 radical (unpaired) electrons. The van der Waals surface area contributed by atoms with Crippen molar-refractivity contribution in [1.29, 1.82) is 0 Å². The summed E-state index contributed by atoms with van der Waals surface area (Å²) in [5, 5.41) is 43.7. The zero-order valence-electron chi connectivity index (χ0n) is 29.7. The van der Waals surface area contributed by atoms with E-state index in [2.05, 4.69) is 26.9 Å². The Kier molecular flexibility index (Phi) is 13.8. The number of thioether (sulfide) groups is 1. The van der Waals surface area contributed by atoms with Gasteiger partial charge in [0, 0.05) is 37.1 Å². The van der Waals surface area contributed by atoms with Crippen LogP contribution < -0.4 is 10.8 Å². The first kappa shape index (κ1) is 38.6.